The van der Waals surface area contributed by atoms with Gasteiger partial charge in [0.25, 0.3) is 0 Å². The van der Waals surface area contributed by atoms with E-state index in [1.54, 1.807) is 0 Å². The molecule has 0 bridgehead atoms. The normalized spacial score (nSPS) is 12.4. The Hall–Kier alpha value is -0.590. The van der Waals surface area contributed by atoms with Crippen molar-refractivity contribution in [2.75, 3.05) is 0 Å². The number of hydrogen-bond donors (Lipinski definition) is 1. The van der Waals surface area contributed by atoms with Gasteiger partial charge in [-0.25, -0.2) is 0 Å². The second-order valence-corrected chi connectivity index (χ2v) is 3.13. The molecule has 0 aliphatic heterocycles. The van der Waals surface area contributed by atoms with Crippen LogP contribution in [-0.2, 0) is 0 Å². The predicted octanol–water partition coefficient (Wildman–Crippen LogP) is 3.02. The van der Waals surface area contributed by atoms with E-state index in [1.807, 2.05) is 0 Å². The summed E-state index contributed by atoms with van der Waals surface area (Å²) in [4.78, 5) is 0. The number of hydrogen-bond acceptors (Lipinski definition) is 1. The van der Waals surface area contributed by atoms with Gasteiger partial charge in [0, 0.05) is 0 Å². The van der Waals surface area contributed by atoms with Crippen molar-refractivity contribution in [1.82, 2.24) is 0 Å². The van der Waals surface area contributed by atoms with Crippen LogP contribution in [0.15, 0.2) is 11.1 Å². The first kappa shape index (κ1) is 9.41. The highest BCUT2D eigenvalue weighted by molar-refractivity contribution is 5.56. The highest BCUT2D eigenvalue weighted by atomic mass is 14.3. The van der Waals surface area contributed by atoms with E-state index in [1.165, 1.54) is 17.4 Å². The van der Waals surface area contributed by atoms with Gasteiger partial charge in [0.2, 0.25) is 0 Å². The van der Waals surface area contributed by atoms with Crippen LogP contribution in [0.3, 0.4) is 0 Å². The molecule has 0 aromatic carbocycles. The van der Waals surface area contributed by atoms with Gasteiger partial charge < -0.3 is 5.41 Å². The van der Waals surface area contributed by atoms with Crippen molar-refractivity contribution < 1.29 is 0 Å². The molecule has 1 nitrogen and oxygen atoms in total. The molecule has 0 amide bonds. The van der Waals surface area contributed by atoms with Gasteiger partial charge in [-0.1, -0.05) is 18.1 Å². The minimum atomic E-state index is 0.398. The van der Waals surface area contributed by atoms with Crippen molar-refractivity contribution in [2.45, 2.75) is 34.1 Å². The summed E-state index contributed by atoms with van der Waals surface area (Å²) in [5.74, 6) is 0.398. The Balaban J connectivity index is 3.91. The molecule has 0 fully saturated rings. The molecule has 10 heavy (non-hydrogen) atoms. The van der Waals surface area contributed by atoms with Crippen LogP contribution in [-0.4, -0.2) is 6.21 Å². The quantitative estimate of drug-likeness (QED) is 0.459. The standard InChI is InChI=1S/C9H17N/c1-7(2)9(4)5-8(3)6-10/h6,8,10H,5H2,1-4H3. The minimum Gasteiger partial charge on any atom is -0.313 e. The van der Waals surface area contributed by atoms with E-state index in [0.29, 0.717) is 5.92 Å². The largest absolute Gasteiger partial charge is 0.313 e. The SMILES string of the molecule is CC(C)=C(C)CC(C)C=N. The maximum absolute atomic E-state index is 7.00. The summed E-state index contributed by atoms with van der Waals surface area (Å²) >= 11 is 0. The van der Waals surface area contributed by atoms with Crippen molar-refractivity contribution in [3.63, 3.8) is 0 Å². The van der Waals surface area contributed by atoms with Crippen LogP contribution in [0.25, 0.3) is 0 Å². The van der Waals surface area contributed by atoms with Crippen LogP contribution in [0, 0.1) is 11.3 Å². The first-order valence-electron chi connectivity index (χ1n) is 3.71. The Morgan fingerprint density at radius 3 is 2.20 bits per heavy atom. The average Bonchev–Trinajstić information content (AvgIpc) is 1.87. The number of nitrogens with one attached hydrogen (secondary N) is 1. The Morgan fingerprint density at radius 2 is 1.90 bits per heavy atom. The predicted molar refractivity (Wildman–Crippen MR) is 46.6 cm³/mol. The monoisotopic (exact) mass is 139 g/mol. The van der Waals surface area contributed by atoms with Crippen molar-refractivity contribution in [1.29, 1.82) is 5.41 Å². The molecule has 0 aromatic rings. The lowest BCUT2D eigenvalue weighted by Gasteiger charge is -2.06. The van der Waals surface area contributed by atoms with E-state index in [9.17, 15) is 0 Å². The molecule has 0 radical (unpaired) electrons. The molecule has 58 valence electrons. The summed E-state index contributed by atoms with van der Waals surface area (Å²) in [7, 11) is 0. The maximum Gasteiger partial charge on any atom is -0.00163 e. The summed E-state index contributed by atoms with van der Waals surface area (Å²) in [5.41, 5.74) is 2.80. The van der Waals surface area contributed by atoms with E-state index < -0.39 is 0 Å². The summed E-state index contributed by atoms with van der Waals surface area (Å²) < 4.78 is 0. The summed E-state index contributed by atoms with van der Waals surface area (Å²) in [6, 6.07) is 0. The molecule has 0 saturated carbocycles. The molecule has 0 aliphatic carbocycles. The fourth-order valence-electron chi connectivity index (χ4n) is 0.746. The first-order valence-corrected chi connectivity index (χ1v) is 3.71. The zero-order valence-corrected chi connectivity index (χ0v) is 7.36. The second kappa shape index (κ2) is 4.26. The third kappa shape index (κ3) is 3.44. The Labute approximate surface area is 63.7 Å². The smallest absolute Gasteiger partial charge is 0.00163 e. The van der Waals surface area contributed by atoms with Crippen LogP contribution in [0.1, 0.15) is 34.1 Å². The van der Waals surface area contributed by atoms with Gasteiger partial charge in [0.1, 0.15) is 0 Å². The van der Waals surface area contributed by atoms with Crippen LogP contribution in [0.2, 0.25) is 0 Å². The number of allylic oxidation sites excluding steroid dienone is 2. The molecule has 0 saturated heterocycles. The summed E-state index contributed by atoms with van der Waals surface area (Å²) in [6.45, 7) is 8.44. The zero-order valence-electron chi connectivity index (χ0n) is 7.36. The molecule has 0 aromatic heterocycles. The third-order valence-electron chi connectivity index (χ3n) is 1.77. The summed E-state index contributed by atoms with van der Waals surface area (Å²) in [5, 5.41) is 7.00. The highest BCUT2D eigenvalue weighted by Crippen LogP contribution is 2.12. The molecule has 0 aliphatic rings. The summed E-state index contributed by atoms with van der Waals surface area (Å²) in [6.07, 6.45) is 2.54. The van der Waals surface area contributed by atoms with Crippen LogP contribution < -0.4 is 0 Å². The molecule has 1 atom stereocenters. The molecule has 0 heterocycles. The van der Waals surface area contributed by atoms with E-state index in [2.05, 4.69) is 27.7 Å². The number of rotatable bonds is 3. The fraction of sp³-hybridized carbons (Fsp3) is 0.667. The minimum absolute atomic E-state index is 0.398. The van der Waals surface area contributed by atoms with Crippen molar-refractivity contribution in [3.05, 3.63) is 11.1 Å². The zero-order chi connectivity index (χ0) is 8.15. The van der Waals surface area contributed by atoms with Crippen LogP contribution in [0.4, 0.5) is 0 Å². The topological polar surface area (TPSA) is 23.9 Å². The second-order valence-electron chi connectivity index (χ2n) is 3.13. The fourth-order valence-corrected chi connectivity index (χ4v) is 0.746. The molecule has 1 heteroatoms. The van der Waals surface area contributed by atoms with Gasteiger partial charge >= 0.3 is 0 Å². The van der Waals surface area contributed by atoms with Crippen molar-refractivity contribution in [3.8, 4) is 0 Å². The van der Waals surface area contributed by atoms with Gasteiger partial charge in [-0.05, 0) is 39.3 Å². The van der Waals surface area contributed by atoms with Gasteiger partial charge in [-0.3, -0.25) is 0 Å². The van der Waals surface area contributed by atoms with Crippen molar-refractivity contribution >= 4 is 6.21 Å². The van der Waals surface area contributed by atoms with Gasteiger partial charge in [-0.2, -0.15) is 0 Å². The van der Waals surface area contributed by atoms with E-state index in [4.69, 9.17) is 5.41 Å². The Bertz CT molecular complexity index is 141. The van der Waals surface area contributed by atoms with E-state index in [0.717, 1.165) is 6.42 Å². The van der Waals surface area contributed by atoms with Crippen molar-refractivity contribution in [2.24, 2.45) is 5.92 Å². The lowest BCUT2D eigenvalue weighted by Crippen LogP contribution is -1.96. The molecular weight excluding hydrogens is 122 g/mol. The molecule has 1 N–H and O–H groups in total. The molecular formula is C9H17N. The third-order valence-corrected chi connectivity index (χ3v) is 1.77. The van der Waals surface area contributed by atoms with E-state index in [-0.39, 0.29) is 0 Å². The molecule has 0 rings (SSSR count). The molecule has 1 unspecified atom stereocenters. The van der Waals surface area contributed by atoms with Gasteiger partial charge in [-0.15, -0.1) is 0 Å². The van der Waals surface area contributed by atoms with E-state index >= 15 is 0 Å². The average molecular weight is 139 g/mol. The lowest BCUT2D eigenvalue weighted by atomic mass is 10.0. The van der Waals surface area contributed by atoms with Gasteiger partial charge in [0.05, 0.1) is 0 Å². The maximum atomic E-state index is 7.00. The highest BCUT2D eigenvalue weighted by Gasteiger charge is 1.98. The van der Waals surface area contributed by atoms with Crippen LogP contribution in [0.5, 0.6) is 0 Å². The Kier molecular flexibility index (Phi) is 4.01. The van der Waals surface area contributed by atoms with Crippen LogP contribution >= 0.6 is 0 Å². The lowest BCUT2D eigenvalue weighted by molar-refractivity contribution is 0.763. The molecule has 0 spiro atoms. The first-order chi connectivity index (χ1) is 4.57. The Morgan fingerprint density at radius 1 is 1.40 bits per heavy atom. The van der Waals surface area contributed by atoms with Gasteiger partial charge in [0.15, 0.2) is 0 Å².